The van der Waals surface area contributed by atoms with Gasteiger partial charge >= 0.3 is 5.97 Å². The Labute approximate surface area is 262 Å². The van der Waals surface area contributed by atoms with E-state index in [0.29, 0.717) is 28.7 Å². The fourth-order valence-electron chi connectivity index (χ4n) is 7.55. The largest absolute Gasteiger partial charge is 0.480 e. The number of aldehydes is 1. The third-order valence-corrected chi connectivity index (χ3v) is 10.2. The average Bonchev–Trinajstić information content (AvgIpc) is 3.23. The Morgan fingerprint density at radius 3 is 2.44 bits per heavy atom. The molecule has 4 N–H and O–H groups in total. The van der Waals surface area contributed by atoms with Crippen molar-refractivity contribution < 1.29 is 23.9 Å². The molecule has 5 rings (SSSR count). The number of carbonyl (C=O) groups is 3. The van der Waals surface area contributed by atoms with E-state index in [9.17, 15) is 14.4 Å². The Bertz CT molecular complexity index is 1300. The molecule has 1 saturated carbocycles. The minimum Gasteiger partial charge on any atom is -0.480 e. The van der Waals surface area contributed by atoms with E-state index in [2.05, 4.69) is 22.9 Å². The van der Waals surface area contributed by atoms with E-state index < -0.39 is 34.7 Å². The molecule has 43 heavy (non-hydrogen) atoms. The smallest absolute Gasteiger partial charge is 0.317 e. The van der Waals surface area contributed by atoms with Crippen molar-refractivity contribution in [2.24, 2.45) is 0 Å². The highest BCUT2D eigenvalue weighted by atomic mass is 35.5. The molecule has 3 atom stereocenters. The molecular formula is C32H41Cl2FN4O4. The Kier molecular flexibility index (Phi) is 11.2. The molecule has 3 aliphatic rings. The minimum atomic E-state index is -0.724. The van der Waals surface area contributed by atoms with Crippen LogP contribution in [0, 0.1) is 5.82 Å². The number of carboxylic acids is 1. The highest BCUT2D eigenvalue weighted by molar-refractivity contribution is 6.31. The predicted octanol–water partition coefficient (Wildman–Crippen LogP) is 5.37. The number of benzene rings is 2. The molecule has 2 aliphatic heterocycles. The molecule has 234 valence electrons. The molecule has 2 saturated heterocycles. The number of piperidine rings is 1. The van der Waals surface area contributed by atoms with E-state index in [1.54, 1.807) is 24.3 Å². The van der Waals surface area contributed by atoms with Gasteiger partial charge in [0, 0.05) is 46.7 Å². The van der Waals surface area contributed by atoms with Crippen molar-refractivity contribution in [3.8, 4) is 0 Å². The summed E-state index contributed by atoms with van der Waals surface area (Å²) in [6.45, 7) is 4.06. The maximum Gasteiger partial charge on any atom is 0.317 e. The van der Waals surface area contributed by atoms with E-state index in [1.165, 1.54) is 6.07 Å². The first-order chi connectivity index (χ1) is 20.6. The van der Waals surface area contributed by atoms with Gasteiger partial charge in [-0.15, -0.1) is 0 Å². The number of nitrogens with one attached hydrogen (secondary N) is 3. The SMILES string of the molecule is CNC1CCN(CC(=O)O)CC1.C[C@@]1(c2ccc(Cl)cc2NC=O)[C@@H](c2cccc(Cl)c2F)C(C=O)NC12CCCCC2. The monoisotopic (exact) mass is 634 g/mol. The molecule has 1 unspecified atom stereocenters. The van der Waals surface area contributed by atoms with Gasteiger partial charge in [-0.2, -0.15) is 0 Å². The lowest BCUT2D eigenvalue weighted by Crippen LogP contribution is -2.55. The fourth-order valence-corrected chi connectivity index (χ4v) is 7.91. The molecule has 0 radical (unpaired) electrons. The van der Waals surface area contributed by atoms with Crippen molar-refractivity contribution in [2.75, 3.05) is 32.0 Å². The molecule has 1 aliphatic carbocycles. The van der Waals surface area contributed by atoms with E-state index in [4.69, 9.17) is 28.3 Å². The summed E-state index contributed by atoms with van der Waals surface area (Å²) >= 11 is 12.4. The number of halogens is 3. The van der Waals surface area contributed by atoms with Gasteiger partial charge in [-0.1, -0.05) is 67.6 Å². The first-order valence-electron chi connectivity index (χ1n) is 14.9. The zero-order valence-corrected chi connectivity index (χ0v) is 26.2. The molecule has 2 aromatic carbocycles. The van der Waals surface area contributed by atoms with Gasteiger partial charge in [-0.05, 0) is 62.1 Å². The quantitative estimate of drug-likeness (QED) is 0.289. The van der Waals surface area contributed by atoms with E-state index in [-0.39, 0.29) is 11.6 Å². The summed E-state index contributed by atoms with van der Waals surface area (Å²) in [5.41, 5.74) is 0.640. The van der Waals surface area contributed by atoms with Gasteiger partial charge in [-0.25, -0.2) is 4.39 Å². The minimum absolute atomic E-state index is 0.0245. The summed E-state index contributed by atoms with van der Waals surface area (Å²) < 4.78 is 15.3. The highest BCUT2D eigenvalue weighted by Crippen LogP contribution is 2.59. The van der Waals surface area contributed by atoms with Gasteiger partial charge in [0.05, 0.1) is 17.6 Å². The van der Waals surface area contributed by atoms with Crippen LogP contribution >= 0.6 is 23.2 Å². The highest BCUT2D eigenvalue weighted by Gasteiger charge is 2.63. The van der Waals surface area contributed by atoms with Crippen LogP contribution in [0.4, 0.5) is 10.1 Å². The topological polar surface area (TPSA) is 111 Å². The summed E-state index contributed by atoms with van der Waals surface area (Å²) in [5, 5.41) is 18.6. The lowest BCUT2D eigenvalue weighted by molar-refractivity contribution is -0.138. The zero-order valence-electron chi connectivity index (χ0n) is 24.7. The van der Waals surface area contributed by atoms with Gasteiger partial charge in [-0.3, -0.25) is 14.5 Å². The molecule has 0 aromatic heterocycles. The van der Waals surface area contributed by atoms with Crippen LogP contribution < -0.4 is 16.0 Å². The molecule has 1 spiro atoms. The molecule has 2 aromatic rings. The first kappa shape index (κ1) is 33.3. The normalized spacial score (nSPS) is 25.5. The number of amides is 1. The van der Waals surface area contributed by atoms with E-state index in [1.807, 2.05) is 18.0 Å². The number of carboxylic acid groups (broad SMARTS) is 1. The van der Waals surface area contributed by atoms with Crippen molar-refractivity contribution in [1.82, 2.24) is 15.5 Å². The van der Waals surface area contributed by atoms with Gasteiger partial charge in [0.25, 0.3) is 0 Å². The Balaban J connectivity index is 0.000000296. The summed E-state index contributed by atoms with van der Waals surface area (Å²) in [4.78, 5) is 36.0. The average molecular weight is 636 g/mol. The van der Waals surface area contributed by atoms with Crippen molar-refractivity contribution in [3.63, 3.8) is 0 Å². The lowest BCUT2D eigenvalue weighted by Gasteiger charge is -2.49. The van der Waals surface area contributed by atoms with Crippen LogP contribution in [0.15, 0.2) is 36.4 Å². The Morgan fingerprint density at radius 1 is 1.14 bits per heavy atom. The molecule has 1 amide bonds. The number of hydrogen-bond acceptors (Lipinski definition) is 6. The Hall–Kier alpha value is -2.56. The molecule has 11 heteroatoms. The molecule has 2 heterocycles. The van der Waals surface area contributed by atoms with Gasteiger partial charge < -0.3 is 25.9 Å². The fraction of sp³-hybridized carbons (Fsp3) is 0.531. The number of aliphatic carboxylic acids is 1. The first-order valence-corrected chi connectivity index (χ1v) is 15.6. The number of hydrogen-bond donors (Lipinski definition) is 4. The lowest BCUT2D eigenvalue weighted by atomic mass is 9.56. The second kappa shape index (κ2) is 14.5. The maximum atomic E-state index is 15.3. The van der Waals surface area contributed by atoms with Crippen LogP contribution in [0.1, 0.15) is 68.9 Å². The molecule has 8 nitrogen and oxygen atoms in total. The second-order valence-corrected chi connectivity index (χ2v) is 12.8. The molecular weight excluding hydrogens is 594 g/mol. The van der Waals surface area contributed by atoms with Crippen molar-refractivity contribution in [1.29, 1.82) is 0 Å². The van der Waals surface area contributed by atoms with E-state index in [0.717, 1.165) is 69.9 Å². The second-order valence-electron chi connectivity index (χ2n) is 12.0. The van der Waals surface area contributed by atoms with Crippen molar-refractivity contribution in [3.05, 3.63) is 63.4 Å². The Morgan fingerprint density at radius 2 is 1.84 bits per heavy atom. The van der Waals surface area contributed by atoms with Crippen molar-refractivity contribution in [2.45, 2.75) is 80.8 Å². The number of anilines is 1. The third kappa shape index (κ3) is 6.91. The van der Waals surface area contributed by atoms with Crippen molar-refractivity contribution >= 4 is 47.6 Å². The van der Waals surface area contributed by atoms with E-state index >= 15 is 4.39 Å². The van der Waals surface area contributed by atoms with Crippen LogP contribution in [0.2, 0.25) is 10.0 Å². The number of rotatable bonds is 8. The number of nitrogens with zero attached hydrogens (tertiary/aromatic N) is 1. The van der Waals surface area contributed by atoms with Crippen LogP contribution in [0.3, 0.4) is 0 Å². The van der Waals surface area contributed by atoms with Crippen LogP contribution in [-0.4, -0.2) is 73.0 Å². The van der Waals surface area contributed by atoms with Gasteiger partial charge in [0.1, 0.15) is 12.1 Å². The standard InChI is InChI=1S/C24H25Cl2FN2O2.C8H16N2O2/c1-23(17-9-8-15(25)12-19(17)28-14-31)21(16-6-5-7-18(26)22(16)27)20(13-30)29-24(23)10-3-2-4-11-24;1-9-7-2-4-10(5-3-7)6-8(11)12/h5-9,12-14,20-21,29H,2-4,10-11H2,1H3,(H,28,31);7,9H,2-6H2,1H3,(H,11,12)/t20?,21-,23+;/m0./s1. The van der Waals surface area contributed by atoms with Crippen LogP contribution in [0.25, 0.3) is 0 Å². The number of carbonyl (C=O) groups excluding carboxylic acids is 2. The van der Waals surface area contributed by atoms with Crippen LogP contribution in [-0.2, 0) is 19.8 Å². The van der Waals surface area contributed by atoms with Gasteiger partial charge in [0.2, 0.25) is 6.41 Å². The summed E-state index contributed by atoms with van der Waals surface area (Å²) in [6.07, 6.45) is 8.41. The number of likely N-dealkylation sites (tertiary alicyclic amines) is 1. The van der Waals surface area contributed by atoms with Crippen LogP contribution in [0.5, 0.6) is 0 Å². The molecule has 3 fully saturated rings. The predicted molar refractivity (Wildman–Crippen MR) is 168 cm³/mol. The maximum absolute atomic E-state index is 15.3. The van der Waals surface area contributed by atoms with Gasteiger partial charge in [0.15, 0.2) is 0 Å². The zero-order chi connectivity index (χ0) is 31.2. The molecule has 0 bridgehead atoms. The summed E-state index contributed by atoms with van der Waals surface area (Å²) in [6, 6.07) is 10.3. The summed E-state index contributed by atoms with van der Waals surface area (Å²) in [7, 11) is 1.96. The third-order valence-electron chi connectivity index (χ3n) is 9.70. The summed E-state index contributed by atoms with van der Waals surface area (Å²) in [5.74, 6) is -1.76.